The van der Waals surface area contributed by atoms with Crippen LogP contribution >= 0.6 is 0 Å². The molecule has 186 valence electrons. The van der Waals surface area contributed by atoms with E-state index in [-0.39, 0.29) is 25.0 Å². The van der Waals surface area contributed by atoms with Gasteiger partial charge in [-0.25, -0.2) is 9.59 Å². The largest absolute Gasteiger partial charge is 0.481 e. The molecule has 0 spiro atoms. The zero-order chi connectivity index (χ0) is 24.9. The van der Waals surface area contributed by atoms with E-state index < -0.39 is 41.8 Å². The molecule has 3 rings (SSSR count). The standard InChI is InChI=1S/C24H33N3O7/c1-24(2,3)34-23(32)25-16-9-10-19(17(13-16)21(29)30)27-12-11-18(20(27)28)26-22(31)33-14-15-7-5-4-6-8-15/h4-8,16-19H,9-14H2,1-3H3,(H,25,32)(H,26,31)(H,29,30)/t16-,17?,18+,19+/m1/s1. The molecule has 1 aromatic carbocycles. The monoisotopic (exact) mass is 475 g/mol. The third kappa shape index (κ3) is 6.85. The van der Waals surface area contributed by atoms with E-state index in [4.69, 9.17) is 9.47 Å². The van der Waals surface area contributed by atoms with E-state index in [1.54, 1.807) is 25.7 Å². The lowest BCUT2D eigenvalue weighted by molar-refractivity contribution is -0.148. The van der Waals surface area contributed by atoms with Crippen molar-refractivity contribution in [3.8, 4) is 0 Å². The van der Waals surface area contributed by atoms with Crippen LogP contribution in [0.1, 0.15) is 52.0 Å². The van der Waals surface area contributed by atoms with Crippen molar-refractivity contribution in [1.82, 2.24) is 15.5 Å². The van der Waals surface area contributed by atoms with Gasteiger partial charge in [0.15, 0.2) is 0 Å². The Morgan fingerprint density at radius 1 is 1.06 bits per heavy atom. The highest BCUT2D eigenvalue weighted by Crippen LogP contribution is 2.32. The minimum Gasteiger partial charge on any atom is -0.481 e. The summed E-state index contributed by atoms with van der Waals surface area (Å²) < 4.78 is 10.5. The number of amides is 3. The van der Waals surface area contributed by atoms with E-state index in [9.17, 15) is 24.3 Å². The first-order valence-electron chi connectivity index (χ1n) is 11.5. The number of ether oxygens (including phenoxy) is 2. The van der Waals surface area contributed by atoms with Gasteiger partial charge < -0.3 is 30.1 Å². The van der Waals surface area contributed by atoms with Gasteiger partial charge in [0.05, 0.1) is 5.92 Å². The fourth-order valence-corrected chi connectivity index (χ4v) is 4.47. The Balaban J connectivity index is 1.53. The Labute approximate surface area is 199 Å². The molecule has 10 nitrogen and oxygen atoms in total. The van der Waals surface area contributed by atoms with Gasteiger partial charge >= 0.3 is 18.2 Å². The van der Waals surface area contributed by atoms with Gasteiger partial charge in [-0.2, -0.15) is 0 Å². The van der Waals surface area contributed by atoms with Gasteiger partial charge in [-0.3, -0.25) is 9.59 Å². The third-order valence-corrected chi connectivity index (χ3v) is 6.00. The van der Waals surface area contributed by atoms with Crippen LogP contribution in [0.15, 0.2) is 30.3 Å². The highest BCUT2D eigenvalue weighted by molar-refractivity contribution is 5.88. The van der Waals surface area contributed by atoms with Gasteiger partial charge in [-0.1, -0.05) is 30.3 Å². The normalized spacial score (nSPS) is 24.9. The van der Waals surface area contributed by atoms with Gasteiger partial charge in [0, 0.05) is 18.6 Å². The molecule has 1 aromatic rings. The Kier molecular flexibility index (Phi) is 8.01. The average molecular weight is 476 g/mol. The highest BCUT2D eigenvalue weighted by atomic mass is 16.6. The van der Waals surface area contributed by atoms with Crippen molar-refractivity contribution in [3.05, 3.63) is 35.9 Å². The van der Waals surface area contributed by atoms with Crippen molar-refractivity contribution in [2.75, 3.05) is 6.54 Å². The molecule has 0 aromatic heterocycles. The Morgan fingerprint density at radius 2 is 1.76 bits per heavy atom. The Morgan fingerprint density at radius 3 is 2.41 bits per heavy atom. The molecule has 4 atom stereocenters. The summed E-state index contributed by atoms with van der Waals surface area (Å²) in [7, 11) is 0. The first-order chi connectivity index (χ1) is 16.0. The molecule has 1 unspecified atom stereocenters. The summed E-state index contributed by atoms with van der Waals surface area (Å²) >= 11 is 0. The van der Waals surface area contributed by atoms with Gasteiger partial charge in [-0.05, 0) is 52.0 Å². The molecule has 2 fully saturated rings. The lowest BCUT2D eigenvalue weighted by Gasteiger charge is -2.39. The number of carbonyl (C=O) groups excluding carboxylic acids is 3. The van der Waals surface area contributed by atoms with Crippen molar-refractivity contribution in [3.63, 3.8) is 0 Å². The van der Waals surface area contributed by atoms with Crippen molar-refractivity contribution in [2.45, 2.75) is 76.8 Å². The number of rotatable bonds is 6. The molecule has 0 radical (unpaired) electrons. The van der Waals surface area contributed by atoms with E-state index in [0.717, 1.165) is 5.56 Å². The summed E-state index contributed by atoms with van der Waals surface area (Å²) in [5, 5.41) is 15.2. The van der Waals surface area contributed by atoms with Gasteiger partial charge in [0.2, 0.25) is 5.91 Å². The zero-order valence-electron chi connectivity index (χ0n) is 19.8. The first kappa shape index (κ1) is 25.3. The third-order valence-electron chi connectivity index (χ3n) is 6.00. The average Bonchev–Trinajstić information content (AvgIpc) is 3.11. The molecule has 1 aliphatic heterocycles. The number of alkyl carbamates (subject to hydrolysis) is 2. The highest BCUT2D eigenvalue weighted by Gasteiger charge is 2.45. The van der Waals surface area contributed by atoms with Gasteiger partial charge in [-0.15, -0.1) is 0 Å². The minimum atomic E-state index is -1.02. The fraction of sp³-hybridized carbons (Fsp3) is 0.583. The predicted molar refractivity (Wildman–Crippen MR) is 122 cm³/mol. The fourth-order valence-electron chi connectivity index (χ4n) is 4.47. The van der Waals surface area contributed by atoms with Crippen molar-refractivity contribution >= 4 is 24.1 Å². The van der Waals surface area contributed by atoms with E-state index in [1.807, 2.05) is 30.3 Å². The van der Waals surface area contributed by atoms with Crippen molar-refractivity contribution < 1.29 is 33.8 Å². The quantitative estimate of drug-likeness (QED) is 0.576. The molecule has 1 saturated heterocycles. The SMILES string of the molecule is CC(C)(C)OC(=O)N[C@@H]1CC[C@H](N2CC[C@H](NC(=O)OCc3ccccc3)C2=O)C(C(=O)O)C1. The Hall–Kier alpha value is -3.30. The maximum Gasteiger partial charge on any atom is 0.408 e. The molecule has 3 amide bonds. The molecule has 34 heavy (non-hydrogen) atoms. The molecule has 10 heteroatoms. The van der Waals surface area contributed by atoms with Crippen LogP contribution in [0.25, 0.3) is 0 Å². The lowest BCUT2D eigenvalue weighted by atomic mass is 9.80. The second-order valence-corrected chi connectivity index (χ2v) is 9.75. The van der Waals surface area contributed by atoms with E-state index in [2.05, 4.69) is 10.6 Å². The molecule has 0 bridgehead atoms. The summed E-state index contributed by atoms with van der Waals surface area (Å²) in [5.41, 5.74) is 0.178. The number of carboxylic acid groups (broad SMARTS) is 1. The Bertz CT molecular complexity index is 900. The number of nitrogens with one attached hydrogen (secondary N) is 2. The van der Waals surface area contributed by atoms with Crippen molar-refractivity contribution in [2.24, 2.45) is 5.92 Å². The molecular formula is C24H33N3O7. The van der Waals surface area contributed by atoms with E-state index in [1.165, 1.54) is 0 Å². The predicted octanol–water partition coefficient (Wildman–Crippen LogP) is 2.66. The topological polar surface area (TPSA) is 134 Å². The van der Waals surface area contributed by atoms with Crippen LogP contribution in [0.3, 0.4) is 0 Å². The number of nitrogens with zero attached hydrogens (tertiary/aromatic N) is 1. The number of aliphatic carboxylic acids is 1. The molecule has 1 heterocycles. The van der Waals surface area contributed by atoms with Crippen LogP contribution in [0.4, 0.5) is 9.59 Å². The van der Waals surface area contributed by atoms with Crippen LogP contribution in [0.2, 0.25) is 0 Å². The zero-order valence-corrected chi connectivity index (χ0v) is 19.8. The van der Waals surface area contributed by atoms with Crippen LogP contribution in [0.5, 0.6) is 0 Å². The van der Waals surface area contributed by atoms with Crippen LogP contribution in [0, 0.1) is 5.92 Å². The second kappa shape index (κ2) is 10.8. The lowest BCUT2D eigenvalue weighted by Crippen LogP contribution is -2.53. The minimum absolute atomic E-state index is 0.0903. The van der Waals surface area contributed by atoms with Crippen LogP contribution < -0.4 is 10.6 Å². The number of likely N-dealkylation sites (tertiary alicyclic amines) is 1. The maximum absolute atomic E-state index is 13.0. The number of hydrogen-bond acceptors (Lipinski definition) is 6. The molecule has 3 N–H and O–H groups in total. The van der Waals surface area contributed by atoms with Crippen LogP contribution in [-0.2, 0) is 25.7 Å². The van der Waals surface area contributed by atoms with Crippen LogP contribution in [-0.4, -0.2) is 64.3 Å². The maximum atomic E-state index is 13.0. The van der Waals surface area contributed by atoms with E-state index >= 15 is 0 Å². The molecule has 2 aliphatic rings. The second-order valence-electron chi connectivity index (χ2n) is 9.75. The number of hydrogen-bond donors (Lipinski definition) is 3. The van der Waals surface area contributed by atoms with Crippen molar-refractivity contribution in [1.29, 1.82) is 0 Å². The summed E-state index contributed by atoms with van der Waals surface area (Å²) in [6.45, 7) is 5.70. The summed E-state index contributed by atoms with van der Waals surface area (Å²) in [4.78, 5) is 50.8. The number of carbonyl (C=O) groups is 4. The van der Waals surface area contributed by atoms with Gasteiger partial charge in [0.25, 0.3) is 0 Å². The first-order valence-corrected chi connectivity index (χ1v) is 11.5. The number of carboxylic acids is 1. The molecule has 1 aliphatic carbocycles. The number of benzene rings is 1. The summed E-state index contributed by atoms with van der Waals surface area (Å²) in [6, 6.07) is 7.58. The van der Waals surface area contributed by atoms with E-state index in [0.29, 0.717) is 25.8 Å². The summed E-state index contributed by atoms with van der Waals surface area (Å²) in [6.07, 6.45) is 0.241. The molecule has 1 saturated carbocycles. The molecular weight excluding hydrogens is 442 g/mol. The summed E-state index contributed by atoms with van der Waals surface area (Å²) in [5.74, 6) is -2.17. The smallest absolute Gasteiger partial charge is 0.408 e. The van der Waals surface area contributed by atoms with Gasteiger partial charge in [0.1, 0.15) is 18.2 Å².